The zero-order valence-corrected chi connectivity index (χ0v) is 17.2. The first-order valence-corrected chi connectivity index (χ1v) is 9.75. The van der Waals surface area contributed by atoms with Crippen molar-refractivity contribution in [3.63, 3.8) is 0 Å². The number of methoxy groups -OCH3 is 1. The van der Waals surface area contributed by atoms with Gasteiger partial charge < -0.3 is 4.74 Å². The van der Waals surface area contributed by atoms with E-state index in [2.05, 4.69) is 50.6 Å². The van der Waals surface area contributed by atoms with Crippen molar-refractivity contribution in [2.45, 2.75) is 25.7 Å². The Hall–Kier alpha value is -3.04. The number of pyridine rings is 1. The molecule has 1 aliphatic carbocycles. The Morgan fingerprint density at radius 3 is 2.86 bits per heavy atom. The lowest BCUT2D eigenvalue weighted by atomic mass is 10.1. The Labute approximate surface area is 175 Å². The molecule has 1 aliphatic rings. The summed E-state index contributed by atoms with van der Waals surface area (Å²) in [7, 11) is 1.54. The maximum atomic E-state index is 6.35. The van der Waals surface area contributed by atoms with Gasteiger partial charge in [0.2, 0.25) is 5.88 Å². The summed E-state index contributed by atoms with van der Waals surface area (Å²) in [5.74, 6) is 7.30. The average Bonchev–Trinajstić information content (AvgIpc) is 3.53. The van der Waals surface area contributed by atoms with Crippen molar-refractivity contribution >= 4 is 30.1 Å². The van der Waals surface area contributed by atoms with Gasteiger partial charge in [0.1, 0.15) is 5.69 Å². The molecule has 2 aromatic rings. The van der Waals surface area contributed by atoms with Crippen molar-refractivity contribution in [2.24, 2.45) is 15.9 Å². The van der Waals surface area contributed by atoms with Crippen LogP contribution in [0.4, 0.5) is 0 Å². The van der Waals surface area contributed by atoms with E-state index in [9.17, 15) is 0 Å². The van der Waals surface area contributed by atoms with Crippen LogP contribution in [0.1, 0.15) is 42.5 Å². The molecule has 2 aromatic heterocycles. The fraction of sp³-hybridized carbons (Fsp3) is 0.318. The largest absolute Gasteiger partial charge is 0.480 e. The summed E-state index contributed by atoms with van der Waals surface area (Å²) in [4.78, 5) is 12.3. The van der Waals surface area contributed by atoms with E-state index in [0.717, 1.165) is 24.0 Å². The number of aliphatic imine (C=N–C) groups is 2. The van der Waals surface area contributed by atoms with Crippen molar-refractivity contribution in [1.29, 1.82) is 0 Å². The van der Waals surface area contributed by atoms with E-state index >= 15 is 0 Å². The highest BCUT2D eigenvalue weighted by atomic mass is 35.5. The van der Waals surface area contributed by atoms with Gasteiger partial charge in [-0.1, -0.05) is 30.4 Å². The Bertz CT molecular complexity index is 991. The van der Waals surface area contributed by atoms with Crippen molar-refractivity contribution in [2.75, 3.05) is 13.7 Å². The maximum absolute atomic E-state index is 6.35. The first-order valence-electron chi connectivity index (χ1n) is 9.37. The van der Waals surface area contributed by atoms with Gasteiger partial charge in [-0.2, -0.15) is 0 Å². The van der Waals surface area contributed by atoms with Crippen LogP contribution < -0.4 is 0 Å². The minimum absolute atomic E-state index is 0.225. The van der Waals surface area contributed by atoms with Gasteiger partial charge in [0, 0.05) is 42.6 Å². The SMILES string of the molecule is C=N/C(OC)=C(\C=N/CCC)c1cc(C2CC2C#Cc2ccncc2)c(Cl)nn1. The molecule has 6 nitrogen and oxygen atoms in total. The second-order valence-corrected chi connectivity index (χ2v) is 6.90. The topological polar surface area (TPSA) is 72.6 Å². The van der Waals surface area contributed by atoms with E-state index in [4.69, 9.17) is 16.3 Å². The minimum atomic E-state index is 0.225. The quantitative estimate of drug-likeness (QED) is 0.392. The van der Waals surface area contributed by atoms with Crippen LogP contribution in [-0.2, 0) is 4.74 Å². The van der Waals surface area contributed by atoms with Crippen molar-refractivity contribution in [3.05, 3.63) is 58.4 Å². The van der Waals surface area contributed by atoms with Crippen LogP contribution in [-0.4, -0.2) is 41.8 Å². The van der Waals surface area contributed by atoms with Gasteiger partial charge in [-0.15, -0.1) is 10.2 Å². The number of allylic oxidation sites excluding steroid dienone is 1. The normalized spacial score (nSPS) is 18.6. The first-order chi connectivity index (χ1) is 14.2. The van der Waals surface area contributed by atoms with E-state index in [1.807, 2.05) is 18.2 Å². The fourth-order valence-corrected chi connectivity index (χ4v) is 3.10. The molecule has 29 heavy (non-hydrogen) atoms. The third kappa shape index (κ3) is 5.27. The van der Waals surface area contributed by atoms with Gasteiger partial charge in [-0.25, -0.2) is 4.99 Å². The molecule has 1 fully saturated rings. The lowest BCUT2D eigenvalue weighted by Gasteiger charge is -2.08. The lowest BCUT2D eigenvalue weighted by Crippen LogP contribution is -2.02. The van der Waals surface area contributed by atoms with E-state index in [1.165, 1.54) is 7.11 Å². The van der Waals surface area contributed by atoms with Crippen molar-refractivity contribution in [3.8, 4) is 11.8 Å². The average molecular weight is 408 g/mol. The van der Waals surface area contributed by atoms with Gasteiger partial charge in [0.05, 0.1) is 12.7 Å². The molecule has 2 atom stereocenters. The molecule has 0 saturated heterocycles. The molecule has 0 bridgehead atoms. The molecule has 0 aliphatic heterocycles. The van der Waals surface area contributed by atoms with Crippen LogP contribution >= 0.6 is 11.6 Å². The van der Waals surface area contributed by atoms with E-state index in [1.54, 1.807) is 18.6 Å². The minimum Gasteiger partial charge on any atom is -0.480 e. The van der Waals surface area contributed by atoms with Gasteiger partial charge in [0.15, 0.2) is 5.15 Å². The van der Waals surface area contributed by atoms with Gasteiger partial charge in [-0.05, 0) is 43.3 Å². The number of ether oxygens (including phenoxy) is 1. The first kappa shape index (κ1) is 20.7. The third-order valence-corrected chi connectivity index (χ3v) is 4.76. The summed E-state index contributed by atoms with van der Waals surface area (Å²) in [6.45, 7) is 6.32. The molecule has 0 N–H and O–H groups in total. The van der Waals surface area contributed by atoms with E-state index in [-0.39, 0.29) is 11.8 Å². The van der Waals surface area contributed by atoms with E-state index < -0.39 is 0 Å². The summed E-state index contributed by atoms with van der Waals surface area (Å²) < 4.78 is 5.33. The predicted molar refractivity (Wildman–Crippen MR) is 116 cm³/mol. The molecule has 2 unspecified atom stereocenters. The molecular weight excluding hydrogens is 386 g/mol. The highest BCUT2D eigenvalue weighted by Gasteiger charge is 2.39. The molecule has 0 aromatic carbocycles. The van der Waals surface area contributed by atoms with Gasteiger partial charge in [-0.3, -0.25) is 9.98 Å². The number of aromatic nitrogens is 3. The lowest BCUT2D eigenvalue weighted by molar-refractivity contribution is 0.292. The second kappa shape index (κ2) is 9.94. The van der Waals surface area contributed by atoms with E-state index in [0.29, 0.717) is 28.8 Å². The zero-order chi connectivity index (χ0) is 20.6. The molecule has 3 rings (SSSR count). The Balaban J connectivity index is 1.87. The Morgan fingerprint density at radius 1 is 1.38 bits per heavy atom. The third-order valence-electron chi connectivity index (χ3n) is 4.46. The molecule has 2 heterocycles. The van der Waals surface area contributed by atoms with Crippen LogP contribution in [0.3, 0.4) is 0 Å². The standard InChI is InChI=1S/C22H22ClN5O/c1-4-9-26-14-19(22(24-2)29-3)20-13-18(21(23)28-27-20)17-12-16(17)6-5-15-7-10-25-11-8-15/h7-8,10-11,13-14,16-17H,2,4,9,12H2,1,3H3/b22-19-,26-14-. The molecule has 0 spiro atoms. The Kier molecular flexibility index (Phi) is 7.09. The monoisotopic (exact) mass is 407 g/mol. The van der Waals surface area contributed by atoms with Gasteiger partial charge in [0.25, 0.3) is 0 Å². The molecule has 0 radical (unpaired) electrons. The highest BCUT2D eigenvalue weighted by Crippen LogP contribution is 2.49. The number of halogens is 1. The van der Waals surface area contributed by atoms with Crippen LogP contribution in [0.5, 0.6) is 0 Å². The Morgan fingerprint density at radius 2 is 2.17 bits per heavy atom. The van der Waals surface area contributed by atoms with Crippen LogP contribution in [0.25, 0.3) is 5.57 Å². The molecule has 0 amide bonds. The smallest absolute Gasteiger partial charge is 0.223 e. The van der Waals surface area contributed by atoms with Crippen LogP contribution in [0, 0.1) is 17.8 Å². The van der Waals surface area contributed by atoms with Crippen molar-refractivity contribution < 1.29 is 4.74 Å². The number of hydrogen-bond donors (Lipinski definition) is 0. The summed E-state index contributed by atoms with van der Waals surface area (Å²) in [6, 6.07) is 5.71. The summed E-state index contributed by atoms with van der Waals surface area (Å²) in [5, 5.41) is 8.75. The maximum Gasteiger partial charge on any atom is 0.223 e. The number of rotatable bonds is 7. The molecule has 1 saturated carbocycles. The highest BCUT2D eigenvalue weighted by molar-refractivity contribution is 6.30. The second-order valence-electron chi connectivity index (χ2n) is 6.55. The summed E-state index contributed by atoms with van der Waals surface area (Å²) in [6.07, 6.45) is 7.04. The predicted octanol–water partition coefficient (Wildman–Crippen LogP) is 4.18. The summed E-state index contributed by atoms with van der Waals surface area (Å²) in [5.41, 5.74) is 3.10. The zero-order valence-electron chi connectivity index (χ0n) is 16.5. The fourth-order valence-electron chi connectivity index (χ4n) is 2.87. The van der Waals surface area contributed by atoms with Crippen LogP contribution in [0.15, 0.2) is 46.5 Å². The molecule has 7 heteroatoms. The number of hydrogen-bond acceptors (Lipinski definition) is 6. The van der Waals surface area contributed by atoms with Crippen LogP contribution in [0.2, 0.25) is 5.15 Å². The number of nitrogens with zero attached hydrogens (tertiary/aromatic N) is 5. The summed E-state index contributed by atoms with van der Waals surface area (Å²) >= 11 is 6.35. The molecular formula is C22H22ClN5O. The van der Waals surface area contributed by atoms with Gasteiger partial charge >= 0.3 is 0 Å². The molecule has 148 valence electrons. The van der Waals surface area contributed by atoms with Crippen molar-refractivity contribution in [1.82, 2.24) is 15.2 Å².